The van der Waals surface area contributed by atoms with Gasteiger partial charge in [0, 0.05) is 36.6 Å². The molecule has 0 spiro atoms. The lowest BCUT2D eigenvalue weighted by molar-refractivity contribution is 0.0697. The zero-order chi connectivity index (χ0) is 18.3. The Morgan fingerprint density at radius 1 is 1.35 bits per heavy atom. The summed E-state index contributed by atoms with van der Waals surface area (Å²) in [5.41, 5.74) is 2.08. The highest BCUT2D eigenvalue weighted by Gasteiger charge is 2.36. The molecule has 3 aromatic heterocycles. The second kappa shape index (κ2) is 6.24. The predicted octanol–water partition coefficient (Wildman–Crippen LogP) is 1.16. The Bertz CT molecular complexity index is 1070. The van der Waals surface area contributed by atoms with Gasteiger partial charge in [0.25, 0.3) is 5.91 Å². The number of pyridine rings is 1. The highest BCUT2D eigenvalue weighted by Crippen LogP contribution is 2.28. The molecule has 3 aromatic rings. The molecule has 1 fully saturated rings. The van der Waals surface area contributed by atoms with Gasteiger partial charge in [-0.25, -0.2) is 13.4 Å². The lowest BCUT2D eigenvalue weighted by Crippen LogP contribution is -2.46. The fourth-order valence-electron chi connectivity index (χ4n) is 3.27. The molecule has 26 heavy (non-hydrogen) atoms. The first-order valence-electron chi connectivity index (χ1n) is 8.42. The second-order valence-corrected chi connectivity index (χ2v) is 8.63. The standard InChI is InChI=1S/C17H19N5O3S/c1-2-21-10-14(8-19-21)16-11-26(24,25)6-5-22(16)17(23)13-3-4-20-12-18-9-15(20)7-13/h3-4,7-10,12,16H,2,5-6,11H2,1H3/t16-/m1/s1. The minimum atomic E-state index is -3.20. The van der Waals surface area contributed by atoms with E-state index in [-0.39, 0.29) is 24.0 Å². The summed E-state index contributed by atoms with van der Waals surface area (Å²) in [4.78, 5) is 18.8. The van der Waals surface area contributed by atoms with Gasteiger partial charge < -0.3 is 9.30 Å². The third kappa shape index (κ3) is 2.98. The van der Waals surface area contributed by atoms with Gasteiger partial charge in [-0.1, -0.05) is 0 Å². The Morgan fingerprint density at radius 2 is 2.19 bits per heavy atom. The summed E-state index contributed by atoms with van der Waals surface area (Å²) in [5.74, 6) is -0.285. The maximum absolute atomic E-state index is 13.1. The Balaban J connectivity index is 1.70. The number of carbonyl (C=O) groups excluding carboxylic acids is 1. The van der Waals surface area contributed by atoms with Crippen molar-refractivity contribution in [3.05, 3.63) is 54.4 Å². The van der Waals surface area contributed by atoms with Gasteiger partial charge in [0.1, 0.15) is 0 Å². The maximum Gasteiger partial charge on any atom is 0.254 e. The largest absolute Gasteiger partial charge is 0.329 e. The number of aromatic nitrogens is 4. The number of sulfone groups is 1. The van der Waals surface area contributed by atoms with Crippen molar-refractivity contribution in [3.8, 4) is 0 Å². The van der Waals surface area contributed by atoms with E-state index in [4.69, 9.17) is 0 Å². The van der Waals surface area contributed by atoms with E-state index in [9.17, 15) is 13.2 Å². The molecule has 136 valence electrons. The van der Waals surface area contributed by atoms with Crippen LogP contribution in [0.1, 0.15) is 28.9 Å². The first kappa shape index (κ1) is 16.8. The quantitative estimate of drug-likeness (QED) is 0.687. The summed E-state index contributed by atoms with van der Waals surface area (Å²) in [7, 11) is -3.20. The number of hydrogen-bond acceptors (Lipinski definition) is 5. The minimum Gasteiger partial charge on any atom is -0.329 e. The van der Waals surface area contributed by atoms with Crippen molar-refractivity contribution in [2.75, 3.05) is 18.1 Å². The summed E-state index contributed by atoms with van der Waals surface area (Å²) < 4.78 is 27.9. The molecule has 8 nitrogen and oxygen atoms in total. The number of imidazole rings is 1. The molecule has 1 amide bonds. The third-order valence-electron chi connectivity index (χ3n) is 4.72. The summed E-state index contributed by atoms with van der Waals surface area (Å²) in [6.07, 6.45) is 8.58. The van der Waals surface area contributed by atoms with Crippen LogP contribution in [-0.4, -0.2) is 56.4 Å². The maximum atomic E-state index is 13.1. The lowest BCUT2D eigenvalue weighted by atomic mass is 10.1. The van der Waals surface area contributed by atoms with E-state index < -0.39 is 15.9 Å². The monoisotopic (exact) mass is 373 g/mol. The predicted molar refractivity (Wildman–Crippen MR) is 95.5 cm³/mol. The van der Waals surface area contributed by atoms with E-state index in [2.05, 4.69) is 10.1 Å². The van der Waals surface area contributed by atoms with E-state index in [1.807, 2.05) is 17.5 Å². The molecule has 0 unspecified atom stereocenters. The van der Waals surface area contributed by atoms with Crippen LogP contribution in [0.2, 0.25) is 0 Å². The minimum absolute atomic E-state index is 0.0217. The molecule has 4 heterocycles. The summed E-state index contributed by atoms with van der Waals surface area (Å²) >= 11 is 0. The van der Waals surface area contributed by atoms with Gasteiger partial charge >= 0.3 is 0 Å². The average Bonchev–Trinajstić information content (AvgIpc) is 3.28. The summed E-state index contributed by atoms with van der Waals surface area (Å²) in [5, 5.41) is 4.23. The van der Waals surface area contributed by atoms with E-state index in [0.717, 1.165) is 11.1 Å². The Morgan fingerprint density at radius 3 is 2.96 bits per heavy atom. The van der Waals surface area contributed by atoms with E-state index in [0.29, 0.717) is 12.1 Å². The van der Waals surface area contributed by atoms with Gasteiger partial charge in [-0.05, 0) is 19.1 Å². The molecular formula is C17H19N5O3S. The van der Waals surface area contributed by atoms with Crippen LogP contribution in [0.25, 0.3) is 5.52 Å². The topological polar surface area (TPSA) is 89.6 Å². The highest BCUT2D eigenvalue weighted by atomic mass is 32.2. The Hall–Kier alpha value is -2.68. The van der Waals surface area contributed by atoms with Crippen LogP contribution < -0.4 is 0 Å². The third-order valence-corrected chi connectivity index (χ3v) is 6.34. The lowest BCUT2D eigenvalue weighted by Gasteiger charge is -2.35. The van der Waals surface area contributed by atoms with Gasteiger partial charge in [-0.15, -0.1) is 0 Å². The van der Waals surface area contributed by atoms with Crippen molar-refractivity contribution in [2.45, 2.75) is 19.5 Å². The zero-order valence-corrected chi connectivity index (χ0v) is 15.1. The molecule has 0 radical (unpaired) electrons. The van der Waals surface area contributed by atoms with Crippen molar-refractivity contribution in [1.82, 2.24) is 24.1 Å². The number of hydrogen-bond donors (Lipinski definition) is 0. The number of rotatable bonds is 3. The first-order chi connectivity index (χ1) is 12.5. The molecule has 1 atom stereocenters. The number of nitrogens with zero attached hydrogens (tertiary/aromatic N) is 5. The molecule has 0 aromatic carbocycles. The van der Waals surface area contributed by atoms with Gasteiger partial charge in [0.2, 0.25) is 0 Å². The number of carbonyl (C=O) groups is 1. The van der Waals surface area contributed by atoms with Crippen molar-refractivity contribution >= 4 is 21.3 Å². The van der Waals surface area contributed by atoms with Crippen LogP contribution in [0.5, 0.6) is 0 Å². The highest BCUT2D eigenvalue weighted by molar-refractivity contribution is 7.91. The van der Waals surface area contributed by atoms with Crippen LogP contribution in [0.4, 0.5) is 0 Å². The smallest absolute Gasteiger partial charge is 0.254 e. The average molecular weight is 373 g/mol. The van der Waals surface area contributed by atoms with Crippen LogP contribution in [0.15, 0.2) is 43.2 Å². The van der Waals surface area contributed by atoms with Gasteiger partial charge in [-0.3, -0.25) is 9.48 Å². The SMILES string of the molecule is CCn1cc([C@H]2CS(=O)(=O)CCN2C(=O)c2ccn3cncc3c2)cn1. The first-order valence-corrected chi connectivity index (χ1v) is 10.2. The number of aryl methyl sites for hydroxylation is 1. The number of amides is 1. The van der Waals surface area contributed by atoms with Gasteiger partial charge in [-0.2, -0.15) is 5.10 Å². The van der Waals surface area contributed by atoms with Gasteiger partial charge in [0.15, 0.2) is 9.84 Å². The van der Waals surface area contributed by atoms with E-state index >= 15 is 0 Å². The van der Waals surface area contributed by atoms with Gasteiger partial charge in [0.05, 0.1) is 41.8 Å². The molecule has 0 saturated carbocycles. The Kier molecular flexibility index (Phi) is 4.03. The molecular weight excluding hydrogens is 354 g/mol. The number of fused-ring (bicyclic) bond motifs is 1. The van der Waals surface area contributed by atoms with Crippen molar-refractivity contribution in [2.24, 2.45) is 0 Å². The Labute approximate surface area is 151 Å². The molecule has 0 bridgehead atoms. The summed E-state index contributed by atoms with van der Waals surface area (Å²) in [6.45, 7) is 2.82. The molecule has 9 heteroatoms. The molecule has 0 N–H and O–H groups in total. The van der Waals surface area contributed by atoms with Crippen LogP contribution in [-0.2, 0) is 16.4 Å². The van der Waals surface area contributed by atoms with Crippen LogP contribution in [0.3, 0.4) is 0 Å². The zero-order valence-electron chi connectivity index (χ0n) is 14.3. The second-order valence-electron chi connectivity index (χ2n) is 6.40. The van der Waals surface area contributed by atoms with Crippen molar-refractivity contribution < 1.29 is 13.2 Å². The summed E-state index contributed by atoms with van der Waals surface area (Å²) in [6, 6.07) is 2.97. The fraction of sp³-hybridized carbons (Fsp3) is 0.353. The molecule has 0 aliphatic carbocycles. The molecule has 1 aliphatic heterocycles. The fourth-order valence-corrected chi connectivity index (χ4v) is 4.76. The van der Waals surface area contributed by atoms with Crippen molar-refractivity contribution in [1.29, 1.82) is 0 Å². The molecule has 4 rings (SSSR count). The molecule has 1 aliphatic rings. The van der Waals surface area contributed by atoms with Crippen molar-refractivity contribution in [3.63, 3.8) is 0 Å². The normalized spacial score (nSPS) is 19.7. The van der Waals surface area contributed by atoms with Crippen LogP contribution >= 0.6 is 0 Å². The van der Waals surface area contributed by atoms with Crippen LogP contribution in [0, 0.1) is 0 Å². The van der Waals surface area contributed by atoms with E-state index in [1.165, 1.54) is 0 Å². The van der Waals surface area contributed by atoms with E-state index in [1.54, 1.807) is 46.6 Å². The molecule has 1 saturated heterocycles.